The minimum absolute atomic E-state index is 0.221. The number of nitrogen functional groups attached to an aromatic ring is 1. The van der Waals surface area contributed by atoms with Gasteiger partial charge in [-0.05, 0) is 18.6 Å². The Labute approximate surface area is 86.3 Å². The smallest absolute Gasteiger partial charge is 0.216 e. The van der Waals surface area contributed by atoms with Gasteiger partial charge in [0.25, 0.3) is 0 Å². The predicted molar refractivity (Wildman–Crippen MR) is 55.4 cm³/mol. The fourth-order valence-electron chi connectivity index (χ4n) is 1.22. The summed E-state index contributed by atoms with van der Waals surface area (Å²) >= 11 is 0. The number of nitrogens with one attached hydrogen (secondary N) is 1. The zero-order chi connectivity index (χ0) is 10.8. The van der Waals surface area contributed by atoms with Crippen molar-refractivity contribution < 1.29 is 4.79 Å². The molecule has 0 aliphatic heterocycles. The molecular formula is C10H10N4O. The third kappa shape index (κ3) is 1.71. The van der Waals surface area contributed by atoms with Crippen molar-refractivity contribution in [2.24, 2.45) is 0 Å². The number of aromatic nitrogens is 3. The Hall–Kier alpha value is -2.17. The number of H-pyrrole nitrogens is 1. The van der Waals surface area contributed by atoms with Gasteiger partial charge >= 0.3 is 0 Å². The monoisotopic (exact) mass is 202 g/mol. The first-order valence-corrected chi connectivity index (χ1v) is 4.44. The minimum atomic E-state index is -0.221. The van der Waals surface area contributed by atoms with E-state index in [1.165, 1.54) is 6.20 Å². The highest BCUT2D eigenvalue weighted by molar-refractivity contribution is 6.10. The van der Waals surface area contributed by atoms with E-state index in [4.69, 9.17) is 5.73 Å². The highest BCUT2D eigenvalue weighted by Gasteiger charge is 2.14. The van der Waals surface area contributed by atoms with Gasteiger partial charge in [0.15, 0.2) is 0 Å². The Balaban J connectivity index is 2.37. The molecule has 0 aliphatic rings. The lowest BCUT2D eigenvalue weighted by molar-refractivity contribution is 0.103. The fourth-order valence-corrected chi connectivity index (χ4v) is 1.22. The number of hydrogen-bond acceptors (Lipinski definition) is 4. The second-order valence-electron chi connectivity index (χ2n) is 3.25. The third-order valence-corrected chi connectivity index (χ3v) is 2.06. The number of pyridine rings is 1. The van der Waals surface area contributed by atoms with Crippen molar-refractivity contribution >= 4 is 11.6 Å². The van der Waals surface area contributed by atoms with E-state index >= 15 is 0 Å². The summed E-state index contributed by atoms with van der Waals surface area (Å²) in [5, 5.41) is 6.20. The first-order valence-electron chi connectivity index (χ1n) is 4.44. The second-order valence-corrected chi connectivity index (χ2v) is 3.25. The van der Waals surface area contributed by atoms with Gasteiger partial charge in [0.1, 0.15) is 11.5 Å². The molecule has 0 spiro atoms. The van der Waals surface area contributed by atoms with E-state index in [2.05, 4.69) is 15.2 Å². The van der Waals surface area contributed by atoms with Crippen LogP contribution in [0.2, 0.25) is 0 Å². The molecule has 2 aromatic rings. The molecule has 5 heteroatoms. The number of hydrogen-bond donors (Lipinski definition) is 2. The van der Waals surface area contributed by atoms with Gasteiger partial charge < -0.3 is 5.73 Å². The summed E-state index contributed by atoms with van der Waals surface area (Å²) in [6, 6.07) is 3.50. The van der Waals surface area contributed by atoms with E-state index < -0.39 is 0 Å². The molecule has 0 aliphatic carbocycles. The Morgan fingerprint density at radius 1 is 1.40 bits per heavy atom. The summed E-state index contributed by atoms with van der Waals surface area (Å²) in [6.07, 6.45) is 3.04. The Morgan fingerprint density at radius 3 is 2.73 bits per heavy atom. The summed E-state index contributed by atoms with van der Waals surface area (Å²) in [4.78, 5) is 15.9. The fraction of sp³-hybridized carbons (Fsp3) is 0.100. The highest BCUT2D eigenvalue weighted by atomic mass is 16.1. The summed E-state index contributed by atoms with van der Waals surface area (Å²) in [5.41, 5.74) is 7.27. The van der Waals surface area contributed by atoms with Gasteiger partial charge in [0.2, 0.25) is 5.78 Å². The molecule has 15 heavy (non-hydrogen) atoms. The molecular weight excluding hydrogens is 192 g/mol. The Bertz CT molecular complexity index is 486. The van der Waals surface area contributed by atoms with Crippen LogP contribution in [0.1, 0.15) is 21.6 Å². The van der Waals surface area contributed by atoms with Crippen LogP contribution in [0.25, 0.3) is 0 Å². The number of aromatic amines is 1. The number of carbonyl (C=O) groups excluding carboxylic acids is 1. The van der Waals surface area contributed by atoms with Gasteiger partial charge in [-0.15, -0.1) is 0 Å². The van der Waals surface area contributed by atoms with Gasteiger partial charge in [0, 0.05) is 6.20 Å². The summed E-state index contributed by atoms with van der Waals surface area (Å²) < 4.78 is 0. The molecule has 2 rings (SSSR count). The van der Waals surface area contributed by atoms with E-state index in [0.29, 0.717) is 11.3 Å². The average Bonchev–Trinajstić information content (AvgIpc) is 2.65. The van der Waals surface area contributed by atoms with Gasteiger partial charge in [-0.25, -0.2) is 0 Å². The van der Waals surface area contributed by atoms with Gasteiger partial charge in [-0.1, -0.05) is 6.07 Å². The SMILES string of the molecule is Cc1ccc(C(=O)c2cn[nH]c2N)nc1. The Morgan fingerprint density at radius 2 is 2.20 bits per heavy atom. The molecule has 0 unspecified atom stereocenters. The molecule has 0 aromatic carbocycles. The number of carbonyl (C=O) groups is 1. The van der Waals surface area contributed by atoms with Crippen molar-refractivity contribution in [3.05, 3.63) is 41.3 Å². The van der Waals surface area contributed by atoms with Crippen molar-refractivity contribution in [1.29, 1.82) is 0 Å². The second kappa shape index (κ2) is 3.53. The van der Waals surface area contributed by atoms with Crippen LogP contribution in [-0.4, -0.2) is 21.0 Å². The standard InChI is InChI=1S/C10H10N4O/c1-6-2-3-8(12-4-6)9(15)7-5-13-14-10(7)11/h2-5H,1H3,(H3,11,13,14). The van der Waals surface area contributed by atoms with Gasteiger partial charge in [-0.3, -0.25) is 14.9 Å². The first-order chi connectivity index (χ1) is 7.18. The molecule has 0 bridgehead atoms. The summed E-state index contributed by atoms with van der Waals surface area (Å²) in [5.74, 6) is 0.0450. The normalized spacial score (nSPS) is 10.2. The van der Waals surface area contributed by atoms with Crippen molar-refractivity contribution in [2.45, 2.75) is 6.92 Å². The van der Waals surface area contributed by atoms with Crippen LogP contribution in [-0.2, 0) is 0 Å². The van der Waals surface area contributed by atoms with Crippen molar-refractivity contribution in [3.63, 3.8) is 0 Å². The molecule has 2 heterocycles. The quantitative estimate of drug-likeness (QED) is 0.709. The van der Waals surface area contributed by atoms with Crippen LogP contribution in [0.3, 0.4) is 0 Å². The molecule has 76 valence electrons. The zero-order valence-electron chi connectivity index (χ0n) is 8.19. The maximum absolute atomic E-state index is 11.8. The highest BCUT2D eigenvalue weighted by Crippen LogP contribution is 2.12. The van der Waals surface area contributed by atoms with Crippen molar-refractivity contribution in [2.75, 3.05) is 5.73 Å². The molecule has 0 fully saturated rings. The lowest BCUT2D eigenvalue weighted by atomic mass is 10.1. The van der Waals surface area contributed by atoms with Crippen LogP contribution in [0.4, 0.5) is 5.82 Å². The number of anilines is 1. The van der Waals surface area contributed by atoms with Crippen LogP contribution in [0.5, 0.6) is 0 Å². The number of aryl methyl sites for hydroxylation is 1. The molecule has 0 amide bonds. The van der Waals surface area contributed by atoms with E-state index in [1.807, 2.05) is 13.0 Å². The first kappa shape index (κ1) is 9.39. The summed E-state index contributed by atoms with van der Waals surface area (Å²) in [7, 11) is 0. The number of nitrogens with zero attached hydrogens (tertiary/aromatic N) is 2. The number of rotatable bonds is 2. The van der Waals surface area contributed by atoms with Crippen LogP contribution < -0.4 is 5.73 Å². The molecule has 0 radical (unpaired) electrons. The maximum atomic E-state index is 11.8. The topological polar surface area (TPSA) is 84.7 Å². The Kier molecular flexibility index (Phi) is 2.21. The van der Waals surface area contributed by atoms with Gasteiger partial charge in [-0.2, -0.15) is 5.10 Å². The zero-order valence-corrected chi connectivity index (χ0v) is 8.19. The van der Waals surface area contributed by atoms with E-state index in [1.54, 1.807) is 12.3 Å². The van der Waals surface area contributed by atoms with Crippen molar-refractivity contribution in [3.8, 4) is 0 Å². The largest absolute Gasteiger partial charge is 0.383 e. The van der Waals surface area contributed by atoms with Crippen LogP contribution in [0, 0.1) is 6.92 Å². The molecule has 0 saturated heterocycles. The lowest BCUT2D eigenvalue weighted by Crippen LogP contribution is -2.05. The van der Waals surface area contributed by atoms with E-state index in [9.17, 15) is 4.79 Å². The molecule has 0 atom stereocenters. The molecule has 5 nitrogen and oxygen atoms in total. The molecule has 0 saturated carbocycles. The summed E-state index contributed by atoms with van der Waals surface area (Å²) in [6.45, 7) is 1.91. The predicted octanol–water partition coefficient (Wildman–Crippen LogP) is 0.926. The minimum Gasteiger partial charge on any atom is -0.383 e. The van der Waals surface area contributed by atoms with E-state index in [-0.39, 0.29) is 11.6 Å². The van der Waals surface area contributed by atoms with Crippen LogP contribution >= 0.6 is 0 Å². The molecule has 2 aromatic heterocycles. The van der Waals surface area contributed by atoms with Crippen molar-refractivity contribution in [1.82, 2.24) is 15.2 Å². The third-order valence-electron chi connectivity index (χ3n) is 2.06. The number of nitrogens with two attached hydrogens (primary N) is 1. The maximum Gasteiger partial charge on any atom is 0.216 e. The van der Waals surface area contributed by atoms with E-state index in [0.717, 1.165) is 5.56 Å². The molecule has 3 N–H and O–H groups in total. The van der Waals surface area contributed by atoms with Gasteiger partial charge in [0.05, 0.1) is 11.8 Å². The lowest BCUT2D eigenvalue weighted by Gasteiger charge is -1.98. The van der Waals surface area contributed by atoms with Crippen LogP contribution in [0.15, 0.2) is 24.5 Å². The average molecular weight is 202 g/mol. The number of ketones is 1.